The van der Waals surface area contributed by atoms with Crippen LogP contribution in [-0.4, -0.2) is 21.8 Å². The van der Waals surface area contributed by atoms with Crippen LogP contribution in [0.15, 0.2) is 30.3 Å². The van der Waals surface area contributed by atoms with Crippen molar-refractivity contribution in [1.29, 1.82) is 0 Å². The van der Waals surface area contributed by atoms with Crippen LogP contribution in [0.2, 0.25) is 0 Å². The molecule has 0 aliphatic heterocycles. The summed E-state index contributed by atoms with van der Waals surface area (Å²) >= 11 is 0. The number of rotatable bonds is 3. The maximum atomic E-state index is 11.0. The summed E-state index contributed by atoms with van der Waals surface area (Å²) in [6, 6.07) is 8.44. The van der Waals surface area contributed by atoms with Crippen LogP contribution in [0.1, 0.15) is 36.8 Å². The molecular formula is C17H20O3. The van der Waals surface area contributed by atoms with Crippen molar-refractivity contribution >= 4 is 11.5 Å². The molecule has 3 heteroatoms. The third kappa shape index (κ3) is 2.27. The van der Waals surface area contributed by atoms with E-state index in [1.807, 2.05) is 0 Å². The van der Waals surface area contributed by atoms with Gasteiger partial charge in [-0.15, -0.1) is 0 Å². The van der Waals surface area contributed by atoms with E-state index >= 15 is 0 Å². The molecule has 3 unspecified atom stereocenters. The average molecular weight is 272 g/mol. The molecular weight excluding hydrogens is 252 g/mol. The van der Waals surface area contributed by atoms with Gasteiger partial charge in [-0.2, -0.15) is 0 Å². The van der Waals surface area contributed by atoms with Crippen molar-refractivity contribution in [3.8, 4) is 0 Å². The van der Waals surface area contributed by atoms with E-state index in [0.717, 1.165) is 12.8 Å². The summed E-state index contributed by atoms with van der Waals surface area (Å²) in [4.78, 5) is 11.0. The van der Waals surface area contributed by atoms with E-state index < -0.39 is 11.6 Å². The zero-order chi connectivity index (χ0) is 14.3. The maximum Gasteiger partial charge on any atom is 0.306 e. The highest BCUT2D eigenvalue weighted by Gasteiger charge is 2.47. The van der Waals surface area contributed by atoms with Gasteiger partial charge in [-0.3, -0.25) is 4.79 Å². The van der Waals surface area contributed by atoms with Crippen molar-refractivity contribution in [1.82, 2.24) is 0 Å². The van der Waals surface area contributed by atoms with E-state index in [4.69, 9.17) is 5.11 Å². The Kier molecular flexibility index (Phi) is 3.17. The van der Waals surface area contributed by atoms with E-state index in [1.165, 1.54) is 16.7 Å². The zero-order valence-corrected chi connectivity index (χ0v) is 11.7. The summed E-state index contributed by atoms with van der Waals surface area (Å²) in [5.41, 5.74) is 2.68. The van der Waals surface area contributed by atoms with Crippen LogP contribution in [0.25, 0.3) is 5.57 Å². The first-order valence-corrected chi connectivity index (χ1v) is 7.21. The number of carboxylic acid groups (broad SMARTS) is 1. The molecule has 1 aromatic rings. The van der Waals surface area contributed by atoms with Gasteiger partial charge in [-0.25, -0.2) is 0 Å². The molecule has 3 nitrogen and oxygen atoms in total. The summed E-state index contributed by atoms with van der Waals surface area (Å²) in [6.45, 7) is 2.07. The fourth-order valence-electron chi connectivity index (χ4n) is 3.73. The zero-order valence-electron chi connectivity index (χ0n) is 11.7. The highest BCUT2D eigenvalue weighted by molar-refractivity contribution is 5.72. The topological polar surface area (TPSA) is 57.5 Å². The van der Waals surface area contributed by atoms with Crippen LogP contribution in [-0.2, 0) is 4.79 Å². The molecule has 20 heavy (non-hydrogen) atoms. The molecule has 0 saturated heterocycles. The second-order valence-corrected chi connectivity index (χ2v) is 6.25. The van der Waals surface area contributed by atoms with Crippen molar-refractivity contribution in [2.45, 2.75) is 38.2 Å². The summed E-state index contributed by atoms with van der Waals surface area (Å²) in [7, 11) is 0. The van der Waals surface area contributed by atoms with Gasteiger partial charge < -0.3 is 10.2 Å². The van der Waals surface area contributed by atoms with Crippen molar-refractivity contribution in [2.24, 2.45) is 11.8 Å². The predicted octanol–water partition coefficient (Wildman–Crippen LogP) is 3.01. The summed E-state index contributed by atoms with van der Waals surface area (Å²) < 4.78 is 0. The van der Waals surface area contributed by atoms with Crippen LogP contribution < -0.4 is 0 Å². The first-order chi connectivity index (χ1) is 9.48. The Labute approximate surface area is 118 Å². The lowest BCUT2D eigenvalue weighted by molar-refractivity contribution is -0.147. The van der Waals surface area contributed by atoms with Crippen molar-refractivity contribution in [3.63, 3.8) is 0 Å². The summed E-state index contributed by atoms with van der Waals surface area (Å²) in [5.74, 6) is -0.655. The number of carboxylic acids is 1. The SMILES string of the molecule is Cc1ccc(C2=CC3CCC2CC3(O)CC(=O)O)cc1. The van der Waals surface area contributed by atoms with Crippen LogP contribution in [0, 0.1) is 18.8 Å². The van der Waals surface area contributed by atoms with Crippen LogP contribution >= 0.6 is 0 Å². The molecule has 3 aliphatic rings. The number of benzene rings is 1. The Bertz CT molecular complexity index is 558. The molecule has 0 spiro atoms. The molecule has 106 valence electrons. The number of aliphatic carboxylic acids is 1. The molecule has 1 fully saturated rings. The Morgan fingerprint density at radius 3 is 2.55 bits per heavy atom. The fourth-order valence-corrected chi connectivity index (χ4v) is 3.73. The van der Waals surface area contributed by atoms with Crippen LogP contribution in [0.4, 0.5) is 0 Å². The standard InChI is InChI=1S/C17H20O3/c1-11-2-4-12(5-3-11)15-8-14-7-6-13(15)9-17(14,20)10-16(18)19/h2-5,8,13-14,20H,6-7,9-10H2,1H3,(H,18,19). The molecule has 0 radical (unpaired) electrons. The molecule has 1 aromatic carbocycles. The van der Waals surface area contributed by atoms with Gasteiger partial charge in [-0.1, -0.05) is 35.9 Å². The van der Waals surface area contributed by atoms with Gasteiger partial charge in [0.25, 0.3) is 0 Å². The minimum atomic E-state index is -1.05. The molecule has 3 aliphatic carbocycles. The Morgan fingerprint density at radius 2 is 2.00 bits per heavy atom. The third-order valence-electron chi connectivity index (χ3n) is 4.78. The molecule has 1 saturated carbocycles. The lowest BCUT2D eigenvalue weighted by Crippen LogP contribution is -2.47. The second-order valence-electron chi connectivity index (χ2n) is 6.25. The van der Waals surface area contributed by atoms with Crippen LogP contribution in [0.5, 0.6) is 0 Å². The Balaban J connectivity index is 1.91. The minimum absolute atomic E-state index is 0.0279. The molecule has 2 bridgehead atoms. The molecule has 3 atom stereocenters. The average Bonchev–Trinajstić information content (AvgIpc) is 2.39. The molecule has 2 N–H and O–H groups in total. The molecule has 0 amide bonds. The molecule has 0 heterocycles. The van der Waals surface area contributed by atoms with Gasteiger partial charge >= 0.3 is 5.97 Å². The van der Waals surface area contributed by atoms with Crippen molar-refractivity contribution < 1.29 is 15.0 Å². The molecule has 0 aromatic heterocycles. The maximum absolute atomic E-state index is 11.0. The van der Waals surface area contributed by atoms with E-state index in [9.17, 15) is 9.90 Å². The quantitative estimate of drug-likeness (QED) is 0.889. The normalized spacial score (nSPS) is 32.0. The second kappa shape index (κ2) is 4.74. The van der Waals surface area contributed by atoms with Gasteiger partial charge in [0.1, 0.15) is 0 Å². The minimum Gasteiger partial charge on any atom is -0.481 e. The first-order valence-electron chi connectivity index (χ1n) is 7.21. The Hall–Kier alpha value is -1.61. The molecule has 4 rings (SSSR count). The Morgan fingerprint density at radius 1 is 1.30 bits per heavy atom. The van der Waals surface area contributed by atoms with E-state index in [2.05, 4.69) is 37.3 Å². The number of hydrogen-bond donors (Lipinski definition) is 2. The summed E-state index contributed by atoms with van der Waals surface area (Å²) in [6.07, 6.45) is 4.48. The smallest absolute Gasteiger partial charge is 0.306 e. The largest absolute Gasteiger partial charge is 0.481 e. The van der Waals surface area contributed by atoms with Gasteiger partial charge in [-0.05, 0) is 43.2 Å². The summed E-state index contributed by atoms with van der Waals surface area (Å²) in [5, 5.41) is 19.6. The monoisotopic (exact) mass is 272 g/mol. The highest BCUT2D eigenvalue weighted by atomic mass is 16.4. The van der Waals surface area contributed by atoms with Crippen molar-refractivity contribution in [2.75, 3.05) is 0 Å². The van der Waals surface area contributed by atoms with E-state index in [1.54, 1.807) is 0 Å². The van der Waals surface area contributed by atoms with Gasteiger partial charge in [0.2, 0.25) is 0 Å². The number of hydrogen-bond acceptors (Lipinski definition) is 2. The van der Waals surface area contributed by atoms with Gasteiger partial charge in [0.15, 0.2) is 0 Å². The van der Waals surface area contributed by atoms with E-state index in [-0.39, 0.29) is 18.3 Å². The van der Waals surface area contributed by atoms with Crippen LogP contribution in [0.3, 0.4) is 0 Å². The van der Waals surface area contributed by atoms with E-state index in [0.29, 0.717) is 6.42 Å². The first kappa shape index (κ1) is 13.4. The lowest BCUT2D eigenvalue weighted by Gasteiger charge is -2.47. The number of carbonyl (C=O) groups is 1. The number of aryl methyl sites for hydroxylation is 1. The third-order valence-corrected chi connectivity index (χ3v) is 4.78. The number of aliphatic hydroxyl groups is 1. The fraction of sp³-hybridized carbons (Fsp3) is 0.471. The predicted molar refractivity (Wildman–Crippen MR) is 77.2 cm³/mol. The highest BCUT2D eigenvalue weighted by Crippen LogP contribution is 2.50. The number of allylic oxidation sites excluding steroid dienone is 1. The number of fused-ring (bicyclic) bond motifs is 2. The van der Waals surface area contributed by atoms with Gasteiger partial charge in [0.05, 0.1) is 12.0 Å². The lowest BCUT2D eigenvalue weighted by atomic mass is 9.61. The van der Waals surface area contributed by atoms with Gasteiger partial charge in [0, 0.05) is 5.92 Å². The van der Waals surface area contributed by atoms with Crippen molar-refractivity contribution in [3.05, 3.63) is 41.5 Å².